The van der Waals surface area contributed by atoms with Crippen LogP contribution in [-0.4, -0.2) is 30.7 Å². The first-order chi connectivity index (χ1) is 10.1. The second kappa shape index (κ2) is 4.67. The fraction of sp³-hybridized carbons (Fsp3) is 0. The topological polar surface area (TPSA) is 124 Å². The lowest BCUT2D eigenvalue weighted by molar-refractivity contribution is 0.0991. The van der Waals surface area contributed by atoms with Gasteiger partial charge in [-0.25, -0.2) is 20.1 Å². The Morgan fingerprint density at radius 2 is 1.57 bits per heavy atom. The average molecular weight is 283 g/mol. The standard InChI is InChI=1S/C13H9N5O3/c14-17-11(19)7-1-3-8(4-2-7)18-12(20)9-10(13(18)21)16-6-5-15-9/h1-6,14,20-21H. The van der Waals surface area contributed by atoms with E-state index in [0.29, 0.717) is 5.69 Å². The van der Waals surface area contributed by atoms with Gasteiger partial charge in [-0.3, -0.25) is 4.79 Å². The highest BCUT2D eigenvalue weighted by Gasteiger charge is 2.19. The largest absolute Gasteiger partial charge is 0.493 e. The summed E-state index contributed by atoms with van der Waals surface area (Å²) in [5, 5.41) is 23.1. The van der Waals surface area contributed by atoms with Crippen LogP contribution in [0.25, 0.3) is 16.7 Å². The van der Waals surface area contributed by atoms with Gasteiger partial charge in [0.15, 0.2) is 11.0 Å². The molecule has 0 radical (unpaired) electrons. The Kier molecular flexibility index (Phi) is 2.83. The van der Waals surface area contributed by atoms with Crippen molar-refractivity contribution in [2.45, 2.75) is 0 Å². The number of nitrogens with one attached hydrogen (secondary N) is 1. The van der Waals surface area contributed by atoms with Gasteiger partial charge in [0.05, 0.1) is 5.69 Å². The van der Waals surface area contributed by atoms with Crippen molar-refractivity contribution in [1.82, 2.24) is 14.5 Å². The molecule has 0 unspecified atom stereocenters. The molecule has 0 saturated carbocycles. The number of hydrogen-bond donors (Lipinski definition) is 3. The Morgan fingerprint density at radius 1 is 1.05 bits per heavy atom. The van der Waals surface area contributed by atoms with Crippen molar-refractivity contribution in [2.24, 2.45) is 5.11 Å². The summed E-state index contributed by atoms with van der Waals surface area (Å²) in [7, 11) is 0. The van der Waals surface area contributed by atoms with Crippen molar-refractivity contribution < 1.29 is 15.0 Å². The highest BCUT2D eigenvalue weighted by molar-refractivity contribution is 5.94. The molecule has 2 heterocycles. The van der Waals surface area contributed by atoms with Crippen LogP contribution in [0.15, 0.2) is 41.8 Å². The van der Waals surface area contributed by atoms with E-state index in [9.17, 15) is 15.0 Å². The summed E-state index contributed by atoms with van der Waals surface area (Å²) in [6.45, 7) is 0. The molecule has 0 aliphatic heterocycles. The number of carbonyl (C=O) groups is 1. The fourth-order valence-electron chi connectivity index (χ4n) is 2.04. The van der Waals surface area contributed by atoms with Crippen LogP contribution in [0.1, 0.15) is 10.4 Å². The first-order valence-electron chi connectivity index (χ1n) is 5.89. The minimum absolute atomic E-state index is 0.177. The van der Waals surface area contributed by atoms with Gasteiger partial charge in [0.25, 0.3) is 5.91 Å². The van der Waals surface area contributed by atoms with E-state index in [1.165, 1.54) is 36.7 Å². The summed E-state index contributed by atoms with van der Waals surface area (Å²) >= 11 is 0. The molecule has 8 nitrogen and oxygen atoms in total. The molecule has 1 amide bonds. The maximum Gasteiger partial charge on any atom is 0.294 e. The van der Waals surface area contributed by atoms with Crippen LogP contribution in [-0.2, 0) is 0 Å². The molecular weight excluding hydrogens is 274 g/mol. The molecule has 3 N–H and O–H groups in total. The van der Waals surface area contributed by atoms with Crippen LogP contribution in [0.2, 0.25) is 0 Å². The Balaban J connectivity index is 2.16. The summed E-state index contributed by atoms with van der Waals surface area (Å²) in [5.41, 5.74) is 7.69. The smallest absolute Gasteiger partial charge is 0.294 e. The molecule has 0 spiro atoms. The van der Waals surface area contributed by atoms with E-state index < -0.39 is 5.91 Å². The first-order valence-corrected chi connectivity index (χ1v) is 5.89. The van der Waals surface area contributed by atoms with Crippen LogP contribution >= 0.6 is 0 Å². The Hall–Kier alpha value is -3.29. The van der Waals surface area contributed by atoms with E-state index in [1.54, 1.807) is 0 Å². The molecule has 1 aromatic carbocycles. The van der Waals surface area contributed by atoms with Gasteiger partial charge in [-0.2, -0.15) is 0 Å². The lowest BCUT2D eigenvalue weighted by atomic mass is 10.2. The Morgan fingerprint density at radius 3 is 2.05 bits per heavy atom. The molecule has 3 rings (SSSR count). The summed E-state index contributed by atoms with van der Waals surface area (Å²) in [6, 6.07) is 5.91. The second-order valence-electron chi connectivity index (χ2n) is 4.20. The van der Waals surface area contributed by atoms with Crippen LogP contribution in [0.3, 0.4) is 0 Å². The summed E-state index contributed by atoms with van der Waals surface area (Å²) in [4.78, 5) is 19.2. The molecule has 104 valence electrons. The van der Waals surface area contributed by atoms with Crippen molar-refractivity contribution in [3.8, 4) is 17.4 Å². The van der Waals surface area contributed by atoms with E-state index in [2.05, 4.69) is 15.1 Å². The van der Waals surface area contributed by atoms with Crippen LogP contribution in [0.4, 0.5) is 0 Å². The van der Waals surface area contributed by atoms with Crippen molar-refractivity contribution in [1.29, 1.82) is 5.53 Å². The predicted octanol–water partition coefficient (Wildman–Crippen LogP) is 2.00. The molecule has 0 aliphatic carbocycles. The summed E-state index contributed by atoms with van der Waals surface area (Å²) in [5.74, 6) is -1.17. The second-order valence-corrected chi connectivity index (χ2v) is 4.20. The van der Waals surface area contributed by atoms with E-state index in [4.69, 9.17) is 5.53 Å². The van der Waals surface area contributed by atoms with Gasteiger partial charge in [-0.15, -0.1) is 5.11 Å². The molecule has 3 aromatic rings. The van der Waals surface area contributed by atoms with E-state index >= 15 is 0 Å². The third kappa shape index (κ3) is 1.89. The number of carbonyl (C=O) groups excluding carboxylic acids is 1. The zero-order valence-electron chi connectivity index (χ0n) is 10.6. The molecule has 21 heavy (non-hydrogen) atoms. The number of rotatable bonds is 2. The predicted molar refractivity (Wildman–Crippen MR) is 71.7 cm³/mol. The fourth-order valence-corrected chi connectivity index (χ4v) is 2.04. The van der Waals surface area contributed by atoms with Gasteiger partial charge in [0.2, 0.25) is 11.8 Å². The molecule has 0 atom stereocenters. The summed E-state index contributed by atoms with van der Waals surface area (Å²) in [6.07, 6.45) is 2.81. The van der Waals surface area contributed by atoms with Gasteiger partial charge in [0, 0.05) is 18.0 Å². The lowest BCUT2D eigenvalue weighted by Crippen LogP contribution is -1.96. The van der Waals surface area contributed by atoms with Crippen molar-refractivity contribution >= 4 is 16.9 Å². The SMILES string of the molecule is N=NC(=O)c1ccc(-n2c(O)c3nccnc3c2O)cc1. The maximum atomic E-state index is 11.3. The van der Waals surface area contributed by atoms with Crippen LogP contribution < -0.4 is 0 Å². The van der Waals surface area contributed by atoms with E-state index in [0.717, 1.165) is 4.57 Å². The highest BCUT2D eigenvalue weighted by Crippen LogP contribution is 2.35. The highest BCUT2D eigenvalue weighted by atomic mass is 16.3. The number of aromatic nitrogens is 3. The van der Waals surface area contributed by atoms with E-state index in [1.807, 2.05) is 0 Å². The number of fused-ring (bicyclic) bond motifs is 1. The number of nitrogens with zero attached hydrogens (tertiary/aromatic N) is 4. The molecule has 0 bridgehead atoms. The van der Waals surface area contributed by atoms with Gasteiger partial charge in [-0.05, 0) is 24.3 Å². The number of hydrogen-bond acceptors (Lipinski definition) is 6. The van der Waals surface area contributed by atoms with E-state index in [-0.39, 0.29) is 28.4 Å². The van der Waals surface area contributed by atoms with Crippen molar-refractivity contribution in [3.63, 3.8) is 0 Å². The average Bonchev–Trinajstić information content (AvgIpc) is 2.79. The van der Waals surface area contributed by atoms with Gasteiger partial charge < -0.3 is 10.2 Å². The molecule has 0 aliphatic rings. The molecule has 2 aromatic heterocycles. The first kappa shape index (κ1) is 12.7. The van der Waals surface area contributed by atoms with Crippen LogP contribution in [0, 0.1) is 5.53 Å². The molecule has 0 saturated heterocycles. The zero-order chi connectivity index (χ0) is 15.0. The Bertz CT molecular complexity index is 815. The van der Waals surface area contributed by atoms with Crippen molar-refractivity contribution in [2.75, 3.05) is 0 Å². The molecular formula is C13H9N5O3. The monoisotopic (exact) mass is 283 g/mol. The van der Waals surface area contributed by atoms with Crippen molar-refractivity contribution in [3.05, 3.63) is 42.2 Å². The minimum Gasteiger partial charge on any atom is -0.493 e. The van der Waals surface area contributed by atoms with Gasteiger partial charge >= 0.3 is 0 Å². The maximum absolute atomic E-state index is 11.3. The number of amides is 1. The minimum atomic E-state index is -0.670. The zero-order valence-corrected chi connectivity index (χ0v) is 10.6. The third-order valence-corrected chi connectivity index (χ3v) is 3.02. The van der Waals surface area contributed by atoms with Gasteiger partial charge in [0.1, 0.15) is 0 Å². The van der Waals surface area contributed by atoms with Gasteiger partial charge in [-0.1, -0.05) is 0 Å². The molecule has 0 fully saturated rings. The number of aromatic hydroxyl groups is 2. The quantitative estimate of drug-likeness (QED) is 0.620. The number of benzene rings is 1. The van der Waals surface area contributed by atoms with Crippen LogP contribution in [0.5, 0.6) is 11.8 Å². The lowest BCUT2D eigenvalue weighted by Gasteiger charge is -2.06. The molecule has 8 heteroatoms. The normalized spacial score (nSPS) is 10.7. The Labute approximate surface area is 117 Å². The third-order valence-electron chi connectivity index (χ3n) is 3.02. The summed E-state index contributed by atoms with van der Waals surface area (Å²) < 4.78 is 1.16.